The number of nitrogens with two attached hydrogens (primary N) is 1. The number of halogens is 2. The average molecular weight is 346 g/mol. The highest BCUT2D eigenvalue weighted by Gasteiger charge is 2.16. The normalized spacial score (nSPS) is 12.9. The molecule has 0 saturated carbocycles. The Hall–Kier alpha value is -0.750. The second-order valence-electron chi connectivity index (χ2n) is 5.18. The number of aromatic nitrogens is 2. The largest absolute Gasteiger partial charge is 0.414 e. The fourth-order valence-electron chi connectivity index (χ4n) is 1.81. The lowest BCUT2D eigenvalue weighted by Crippen LogP contribution is -2.13. The van der Waals surface area contributed by atoms with Crippen molar-refractivity contribution in [3.8, 4) is 0 Å². The van der Waals surface area contributed by atoms with E-state index in [1.165, 1.54) is 11.8 Å². The molecule has 21 heavy (non-hydrogen) atoms. The lowest BCUT2D eigenvalue weighted by molar-refractivity contribution is 0.361. The van der Waals surface area contributed by atoms with Gasteiger partial charge in [0.1, 0.15) is 0 Å². The number of hydrogen-bond donors (Lipinski definition) is 1. The summed E-state index contributed by atoms with van der Waals surface area (Å²) in [4.78, 5) is 0. The van der Waals surface area contributed by atoms with Gasteiger partial charge in [-0.25, -0.2) is 0 Å². The molecule has 0 aliphatic rings. The van der Waals surface area contributed by atoms with Gasteiger partial charge in [0.15, 0.2) is 0 Å². The number of hydrogen-bond acceptors (Lipinski definition) is 5. The van der Waals surface area contributed by atoms with Gasteiger partial charge in [-0.1, -0.05) is 54.9 Å². The standard InChI is InChI=1S/C14H17Cl2N3OS/c1-8(2)5-12(17)13-18-19-14(20-13)21-7-9-3-4-10(15)11(16)6-9/h3-4,6,8,12H,5,7,17H2,1-2H3. The van der Waals surface area contributed by atoms with Crippen LogP contribution in [0.15, 0.2) is 27.8 Å². The van der Waals surface area contributed by atoms with Gasteiger partial charge in [0.05, 0.1) is 16.1 Å². The SMILES string of the molecule is CC(C)CC(N)c1nnc(SCc2ccc(Cl)c(Cl)c2)o1. The second kappa shape index (κ2) is 7.49. The van der Waals surface area contributed by atoms with Crippen molar-refractivity contribution in [3.63, 3.8) is 0 Å². The van der Waals surface area contributed by atoms with Gasteiger partial charge in [-0.15, -0.1) is 10.2 Å². The van der Waals surface area contributed by atoms with Crippen molar-refractivity contribution in [2.45, 2.75) is 37.3 Å². The Labute approximate surface area is 138 Å². The first-order valence-electron chi connectivity index (χ1n) is 6.61. The monoisotopic (exact) mass is 345 g/mol. The maximum absolute atomic E-state index is 6.02. The van der Waals surface area contributed by atoms with Gasteiger partial charge in [0.2, 0.25) is 5.89 Å². The van der Waals surface area contributed by atoms with Crippen LogP contribution in [-0.4, -0.2) is 10.2 Å². The molecule has 7 heteroatoms. The van der Waals surface area contributed by atoms with Crippen molar-refractivity contribution in [2.24, 2.45) is 11.7 Å². The average Bonchev–Trinajstić information content (AvgIpc) is 2.88. The van der Waals surface area contributed by atoms with Gasteiger partial charge < -0.3 is 10.2 Å². The molecule has 0 bridgehead atoms. The van der Waals surface area contributed by atoms with E-state index in [-0.39, 0.29) is 6.04 Å². The summed E-state index contributed by atoms with van der Waals surface area (Å²) in [5.41, 5.74) is 7.06. The van der Waals surface area contributed by atoms with Crippen molar-refractivity contribution in [3.05, 3.63) is 39.7 Å². The molecule has 0 saturated heterocycles. The van der Waals surface area contributed by atoms with E-state index in [0.717, 1.165) is 12.0 Å². The fourth-order valence-corrected chi connectivity index (χ4v) is 2.84. The summed E-state index contributed by atoms with van der Waals surface area (Å²) in [5.74, 6) is 1.65. The molecule has 0 radical (unpaired) electrons. The first kappa shape index (κ1) is 16.6. The minimum Gasteiger partial charge on any atom is -0.414 e. The Morgan fingerprint density at radius 2 is 2.00 bits per heavy atom. The second-order valence-corrected chi connectivity index (χ2v) is 6.92. The summed E-state index contributed by atoms with van der Waals surface area (Å²) in [5, 5.41) is 9.61. The van der Waals surface area contributed by atoms with Crippen LogP contribution in [0.4, 0.5) is 0 Å². The van der Waals surface area contributed by atoms with Crippen LogP contribution < -0.4 is 5.73 Å². The predicted octanol–water partition coefficient (Wildman–Crippen LogP) is 4.71. The lowest BCUT2D eigenvalue weighted by Gasteiger charge is -2.08. The highest BCUT2D eigenvalue weighted by Crippen LogP contribution is 2.28. The van der Waals surface area contributed by atoms with Crippen LogP contribution in [0.1, 0.15) is 37.8 Å². The molecule has 2 N–H and O–H groups in total. The molecule has 0 aliphatic heterocycles. The van der Waals surface area contributed by atoms with Crippen LogP contribution in [0.25, 0.3) is 0 Å². The highest BCUT2D eigenvalue weighted by molar-refractivity contribution is 7.98. The summed E-state index contributed by atoms with van der Waals surface area (Å²) >= 11 is 13.3. The molecule has 1 aromatic carbocycles. The third-order valence-electron chi connectivity index (χ3n) is 2.81. The lowest BCUT2D eigenvalue weighted by atomic mass is 10.1. The van der Waals surface area contributed by atoms with Crippen molar-refractivity contribution >= 4 is 35.0 Å². The van der Waals surface area contributed by atoms with Crippen LogP contribution in [0.5, 0.6) is 0 Å². The van der Waals surface area contributed by atoms with E-state index in [1.807, 2.05) is 12.1 Å². The Morgan fingerprint density at radius 3 is 2.67 bits per heavy atom. The Bertz CT molecular complexity index is 604. The minimum atomic E-state index is -0.211. The summed E-state index contributed by atoms with van der Waals surface area (Å²) in [7, 11) is 0. The molecule has 0 fully saturated rings. The van der Waals surface area contributed by atoms with Crippen molar-refractivity contribution in [1.29, 1.82) is 0 Å². The first-order chi connectivity index (χ1) is 9.95. The zero-order chi connectivity index (χ0) is 15.4. The Kier molecular flexibility index (Phi) is 5.93. The number of nitrogens with zero attached hydrogens (tertiary/aromatic N) is 2. The first-order valence-corrected chi connectivity index (χ1v) is 8.35. The molecule has 1 heterocycles. The number of thioether (sulfide) groups is 1. The fraction of sp³-hybridized carbons (Fsp3) is 0.429. The smallest absolute Gasteiger partial charge is 0.276 e. The maximum Gasteiger partial charge on any atom is 0.276 e. The Morgan fingerprint density at radius 1 is 1.24 bits per heavy atom. The summed E-state index contributed by atoms with van der Waals surface area (Å²) in [6, 6.07) is 5.32. The summed E-state index contributed by atoms with van der Waals surface area (Å²) in [6.07, 6.45) is 0.819. The highest BCUT2D eigenvalue weighted by atomic mass is 35.5. The summed E-state index contributed by atoms with van der Waals surface area (Å²) < 4.78 is 5.58. The van der Waals surface area contributed by atoms with Gasteiger partial charge in [-0.3, -0.25) is 0 Å². The van der Waals surface area contributed by atoms with Crippen LogP contribution in [0.3, 0.4) is 0 Å². The molecule has 1 aromatic heterocycles. The third kappa shape index (κ3) is 4.88. The predicted molar refractivity (Wildman–Crippen MR) is 86.7 cm³/mol. The van der Waals surface area contributed by atoms with Gasteiger partial charge >= 0.3 is 0 Å². The number of rotatable bonds is 6. The van der Waals surface area contributed by atoms with Gasteiger partial charge in [0, 0.05) is 5.75 Å². The molecule has 2 aromatic rings. The topological polar surface area (TPSA) is 64.9 Å². The molecule has 0 amide bonds. The van der Waals surface area contributed by atoms with E-state index >= 15 is 0 Å². The zero-order valence-electron chi connectivity index (χ0n) is 11.8. The molecule has 4 nitrogen and oxygen atoms in total. The van der Waals surface area contributed by atoms with E-state index in [4.69, 9.17) is 33.4 Å². The van der Waals surface area contributed by atoms with Crippen LogP contribution in [-0.2, 0) is 5.75 Å². The van der Waals surface area contributed by atoms with Crippen molar-refractivity contribution in [2.75, 3.05) is 0 Å². The minimum absolute atomic E-state index is 0.211. The maximum atomic E-state index is 6.02. The molecule has 1 unspecified atom stereocenters. The van der Waals surface area contributed by atoms with Crippen LogP contribution in [0.2, 0.25) is 10.0 Å². The van der Waals surface area contributed by atoms with Crippen molar-refractivity contribution < 1.29 is 4.42 Å². The quantitative estimate of drug-likeness (QED) is 0.767. The van der Waals surface area contributed by atoms with Gasteiger partial charge in [-0.2, -0.15) is 0 Å². The van der Waals surface area contributed by atoms with Gasteiger partial charge in [0.25, 0.3) is 5.22 Å². The van der Waals surface area contributed by atoms with Crippen LogP contribution >= 0.6 is 35.0 Å². The molecular weight excluding hydrogens is 329 g/mol. The van der Waals surface area contributed by atoms with E-state index in [9.17, 15) is 0 Å². The Balaban J connectivity index is 1.94. The zero-order valence-corrected chi connectivity index (χ0v) is 14.2. The molecule has 1 atom stereocenters. The number of benzene rings is 1. The van der Waals surface area contributed by atoms with Gasteiger partial charge in [-0.05, 0) is 30.0 Å². The molecule has 2 rings (SSSR count). The summed E-state index contributed by atoms with van der Waals surface area (Å²) in [6.45, 7) is 4.21. The van der Waals surface area contributed by atoms with Crippen LogP contribution in [0, 0.1) is 5.92 Å². The third-order valence-corrected chi connectivity index (χ3v) is 4.44. The van der Waals surface area contributed by atoms with E-state index < -0.39 is 0 Å². The molecule has 114 valence electrons. The van der Waals surface area contributed by atoms with Crippen molar-refractivity contribution in [1.82, 2.24) is 10.2 Å². The van der Waals surface area contributed by atoms with E-state index in [2.05, 4.69) is 24.0 Å². The molecule has 0 spiro atoms. The van der Waals surface area contributed by atoms with E-state index in [1.54, 1.807) is 6.07 Å². The molecular formula is C14H17Cl2N3OS. The molecule has 0 aliphatic carbocycles. The van der Waals surface area contributed by atoms with E-state index in [0.29, 0.717) is 32.8 Å².